The van der Waals surface area contributed by atoms with Crippen molar-refractivity contribution in [2.75, 3.05) is 5.32 Å². The third-order valence-corrected chi connectivity index (χ3v) is 5.01. The average molecular weight is 403 g/mol. The van der Waals surface area contributed by atoms with Gasteiger partial charge in [-0.05, 0) is 60.5 Å². The minimum atomic E-state index is -0.545. The third kappa shape index (κ3) is 3.98. The molecule has 0 aliphatic carbocycles. The maximum absolute atomic E-state index is 13.2. The van der Waals surface area contributed by atoms with E-state index in [0.717, 1.165) is 0 Å². The molecule has 1 heterocycles. The summed E-state index contributed by atoms with van der Waals surface area (Å²) >= 11 is 0. The van der Waals surface area contributed by atoms with Crippen LogP contribution < -0.4 is 5.32 Å². The number of halogens is 1. The lowest BCUT2D eigenvalue weighted by atomic mass is 9.93. The normalized spacial score (nSPS) is 15.1. The van der Waals surface area contributed by atoms with Crippen LogP contribution in [0.3, 0.4) is 0 Å². The van der Waals surface area contributed by atoms with Crippen molar-refractivity contribution < 1.29 is 23.5 Å². The average Bonchev–Trinajstić information content (AvgIpc) is 2.74. The number of ketones is 1. The van der Waals surface area contributed by atoms with E-state index in [1.165, 1.54) is 19.1 Å². The van der Waals surface area contributed by atoms with Crippen LogP contribution in [0.1, 0.15) is 55.2 Å². The Morgan fingerprint density at radius 2 is 1.77 bits per heavy atom. The zero-order valence-corrected chi connectivity index (χ0v) is 16.1. The number of cyclic esters (lactones) is 1. The van der Waals surface area contributed by atoms with Gasteiger partial charge in [0.1, 0.15) is 11.9 Å². The number of fused-ring (bicyclic) bond motifs is 1. The van der Waals surface area contributed by atoms with Gasteiger partial charge in [-0.1, -0.05) is 24.3 Å². The van der Waals surface area contributed by atoms with Crippen LogP contribution in [0.25, 0.3) is 0 Å². The predicted octanol–water partition coefficient (Wildman–Crippen LogP) is 4.73. The molecule has 1 aliphatic rings. The summed E-state index contributed by atoms with van der Waals surface area (Å²) in [4.78, 5) is 36.6. The lowest BCUT2D eigenvalue weighted by Crippen LogP contribution is -2.23. The van der Waals surface area contributed by atoms with Crippen LogP contribution in [0.4, 0.5) is 10.1 Å². The number of Topliss-reactive ketones (excluding diaryl/α,β-unsaturated/α-hetero) is 1. The van der Waals surface area contributed by atoms with Gasteiger partial charge >= 0.3 is 5.97 Å². The minimum Gasteiger partial charge on any atom is -0.454 e. The first-order valence-electron chi connectivity index (χ1n) is 9.42. The molecule has 0 bridgehead atoms. The summed E-state index contributed by atoms with van der Waals surface area (Å²) in [6.45, 7) is 1.46. The van der Waals surface area contributed by atoms with E-state index in [-0.39, 0.29) is 17.5 Å². The van der Waals surface area contributed by atoms with E-state index in [1.807, 2.05) is 0 Å². The number of hydrogen-bond donors (Lipinski definition) is 1. The van der Waals surface area contributed by atoms with E-state index in [0.29, 0.717) is 39.9 Å². The number of carbonyl (C=O) groups excluding carboxylic acids is 3. The molecule has 30 heavy (non-hydrogen) atoms. The second-order valence-electron chi connectivity index (χ2n) is 7.11. The summed E-state index contributed by atoms with van der Waals surface area (Å²) < 4.78 is 18.7. The number of ether oxygens (including phenoxy) is 1. The van der Waals surface area contributed by atoms with Gasteiger partial charge in [0, 0.05) is 23.2 Å². The summed E-state index contributed by atoms with van der Waals surface area (Å²) in [5, 5.41) is 2.77. The summed E-state index contributed by atoms with van der Waals surface area (Å²) in [6, 6.07) is 17.3. The van der Waals surface area contributed by atoms with Crippen LogP contribution in [-0.4, -0.2) is 17.7 Å². The summed E-state index contributed by atoms with van der Waals surface area (Å²) in [5.74, 6) is -1.29. The Hall–Kier alpha value is -3.80. The minimum absolute atomic E-state index is 0.0924. The Morgan fingerprint density at radius 1 is 1.00 bits per heavy atom. The summed E-state index contributed by atoms with van der Waals surface area (Å²) in [6.07, 6.45) is -0.163. The molecule has 3 aromatic rings. The Kier molecular flexibility index (Phi) is 5.14. The molecule has 0 spiro atoms. The zero-order chi connectivity index (χ0) is 21.3. The molecule has 0 aromatic heterocycles. The summed E-state index contributed by atoms with van der Waals surface area (Å²) in [5.41, 5.74) is 3.17. The van der Waals surface area contributed by atoms with Crippen molar-refractivity contribution >= 4 is 23.3 Å². The topological polar surface area (TPSA) is 72.5 Å². The lowest BCUT2D eigenvalue weighted by molar-refractivity contribution is 0.0252. The van der Waals surface area contributed by atoms with Gasteiger partial charge in [-0.3, -0.25) is 9.59 Å². The fraction of sp³-hybridized carbons (Fsp3) is 0.125. The predicted molar refractivity (Wildman–Crippen MR) is 109 cm³/mol. The van der Waals surface area contributed by atoms with E-state index in [2.05, 4.69) is 5.32 Å². The second kappa shape index (κ2) is 7.91. The van der Waals surface area contributed by atoms with Crippen molar-refractivity contribution in [2.24, 2.45) is 0 Å². The van der Waals surface area contributed by atoms with Gasteiger partial charge < -0.3 is 10.1 Å². The largest absolute Gasteiger partial charge is 0.454 e. The number of carbonyl (C=O) groups is 3. The van der Waals surface area contributed by atoms with Gasteiger partial charge in [-0.25, -0.2) is 9.18 Å². The Labute approximate surface area is 172 Å². The van der Waals surface area contributed by atoms with Crippen LogP contribution in [-0.2, 0) is 11.2 Å². The molecule has 0 saturated carbocycles. The van der Waals surface area contributed by atoms with Crippen LogP contribution in [0.5, 0.6) is 0 Å². The van der Waals surface area contributed by atoms with E-state index < -0.39 is 12.1 Å². The number of anilines is 1. The third-order valence-electron chi connectivity index (χ3n) is 5.01. The maximum Gasteiger partial charge on any atom is 0.339 e. The fourth-order valence-corrected chi connectivity index (χ4v) is 3.42. The molecule has 1 N–H and O–H groups in total. The number of amides is 1. The highest BCUT2D eigenvalue weighted by Crippen LogP contribution is 2.31. The van der Waals surface area contributed by atoms with Gasteiger partial charge in [0.05, 0.1) is 5.56 Å². The van der Waals surface area contributed by atoms with E-state index in [1.54, 1.807) is 54.6 Å². The molecule has 6 heteroatoms. The highest BCUT2D eigenvalue weighted by atomic mass is 19.1. The molecule has 1 amide bonds. The van der Waals surface area contributed by atoms with E-state index >= 15 is 0 Å². The molecule has 0 saturated heterocycles. The molecule has 0 fully saturated rings. The second-order valence-corrected chi connectivity index (χ2v) is 7.11. The SMILES string of the molecule is CC(=O)c1cccc(NC(=O)c2ccc3c(c2)C[C@H](c2ccc(F)cc2)OC3=O)c1. The Balaban J connectivity index is 1.57. The van der Waals surface area contributed by atoms with Crippen LogP contribution >= 0.6 is 0 Å². The van der Waals surface area contributed by atoms with Crippen LogP contribution in [0.15, 0.2) is 66.7 Å². The Morgan fingerprint density at radius 3 is 2.50 bits per heavy atom. The first-order valence-corrected chi connectivity index (χ1v) is 9.42. The van der Waals surface area contributed by atoms with Gasteiger partial charge in [-0.2, -0.15) is 0 Å². The number of hydrogen-bond acceptors (Lipinski definition) is 4. The van der Waals surface area contributed by atoms with Gasteiger partial charge in [-0.15, -0.1) is 0 Å². The first kappa shape index (κ1) is 19.5. The highest BCUT2D eigenvalue weighted by molar-refractivity contribution is 6.06. The monoisotopic (exact) mass is 403 g/mol. The summed E-state index contributed by atoms with van der Waals surface area (Å²) in [7, 11) is 0. The van der Waals surface area contributed by atoms with E-state index in [9.17, 15) is 18.8 Å². The van der Waals surface area contributed by atoms with Crippen molar-refractivity contribution in [1.82, 2.24) is 0 Å². The number of benzene rings is 3. The number of esters is 1. The van der Waals surface area contributed by atoms with Gasteiger partial charge in [0.2, 0.25) is 0 Å². The van der Waals surface area contributed by atoms with Gasteiger partial charge in [0.25, 0.3) is 5.91 Å². The standard InChI is InChI=1S/C24H18FNO4/c1-14(27)16-3-2-4-20(12-16)26-23(28)17-7-10-21-18(11-17)13-22(30-24(21)29)15-5-8-19(25)9-6-15/h2-12,22H,13H2,1H3,(H,26,28)/t22-/m1/s1. The van der Waals surface area contributed by atoms with Crippen LogP contribution in [0.2, 0.25) is 0 Å². The van der Waals surface area contributed by atoms with Crippen molar-refractivity contribution in [3.63, 3.8) is 0 Å². The fourth-order valence-electron chi connectivity index (χ4n) is 3.42. The lowest BCUT2D eigenvalue weighted by Gasteiger charge is -2.25. The molecule has 1 aliphatic heterocycles. The number of nitrogens with one attached hydrogen (secondary N) is 1. The first-order chi connectivity index (χ1) is 14.4. The maximum atomic E-state index is 13.2. The molecule has 0 unspecified atom stereocenters. The molecule has 5 nitrogen and oxygen atoms in total. The van der Waals surface area contributed by atoms with E-state index in [4.69, 9.17) is 4.74 Å². The highest BCUT2D eigenvalue weighted by Gasteiger charge is 2.28. The van der Waals surface area contributed by atoms with Crippen LogP contribution in [0, 0.1) is 5.82 Å². The number of rotatable bonds is 4. The van der Waals surface area contributed by atoms with Crippen molar-refractivity contribution in [2.45, 2.75) is 19.4 Å². The molecule has 4 rings (SSSR count). The smallest absolute Gasteiger partial charge is 0.339 e. The van der Waals surface area contributed by atoms with Crippen molar-refractivity contribution in [3.05, 3.63) is 100 Å². The van der Waals surface area contributed by atoms with Crippen molar-refractivity contribution in [1.29, 1.82) is 0 Å². The molecule has 150 valence electrons. The molecule has 3 aromatic carbocycles. The molecular weight excluding hydrogens is 385 g/mol. The van der Waals surface area contributed by atoms with Gasteiger partial charge in [0.15, 0.2) is 5.78 Å². The quantitative estimate of drug-likeness (QED) is 0.505. The van der Waals surface area contributed by atoms with Crippen molar-refractivity contribution in [3.8, 4) is 0 Å². The molecule has 1 atom stereocenters. The molecule has 0 radical (unpaired) electrons. The molecular formula is C24H18FNO4. The Bertz CT molecular complexity index is 1150. The zero-order valence-electron chi connectivity index (χ0n) is 16.1.